The summed E-state index contributed by atoms with van der Waals surface area (Å²) in [4.78, 5) is 0. The Labute approximate surface area is 145 Å². The molecule has 1 aromatic carbocycles. The van der Waals surface area contributed by atoms with Gasteiger partial charge in [-0.3, -0.25) is 4.68 Å². The van der Waals surface area contributed by atoms with Crippen LogP contribution < -0.4 is 5.32 Å². The molecule has 3 rings (SSSR count). The van der Waals surface area contributed by atoms with Crippen molar-refractivity contribution >= 4 is 17.3 Å². The molecule has 0 aliphatic rings. The number of aromatic nitrogens is 4. The SMILES string of the molecule is Cc1c(C(C)Nc2cnn(CCO)c2)cnn1-c1cccc(Cl)c1. The third-order valence-corrected chi connectivity index (χ3v) is 4.15. The fourth-order valence-electron chi connectivity index (χ4n) is 2.71. The highest BCUT2D eigenvalue weighted by atomic mass is 35.5. The number of hydrogen-bond donors (Lipinski definition) is 2. The van der Waals surface area contributed by atoms with Crippen molar-refractivity contribution in [2.45, 2.75) is 26.4 Å². The topological polar surface area (TPSA) is 67.9 Å². The van der Waals surface area contributed by atoms with E-state index < -0.39 is 0 Å². The molecule has 3 aromatic rings. The monoisotopic (exact) mass is 345 g/mol. The number of anilines is 1. The molecule has 0 aliphatic carbocycles. The maximum absolute atomic E-state index is 8.95. The Morgan fingerprint density at radius 3 is 2.88 bits per heavy atom. The molecule has 0 radical (unpaired) electrons. The van der Waals surface area contributed by atoms with Crippen molar-refractivity contribution < 1.29 is 5.11 Å². The summed E-state index contributed by atoms with van der Waals surface area (Å²) in [5.74, 6) is 0. The molecule has 1 atom stereocenters. The minimum absolute atomic E-state index is 0.0716. The first-order valence-electron chi connectivity index (χ1n) is 7.79. The smallest absolute Gasteiger partial charge is 0.0731 e. The summed E-state index contributed by atoms with van der Waals surface area (Å²) in [7, 11) is 0. The van der Waals surface area contributed by atoms with E-state index in [0.717, 1.165) is 22.6 Å². The van der Waals surface area contributed by atoms with Crippen molar-refractivity contribution in [3.63, 3.8) is 0 Å². The quantitative estimate of drug-likeness (QED) is 0.720. The number of hydrogen-bond acceptors (Lipinski definition) is 4. The normalized spacial score (nSPS) is 12.3. The Bertz CT molecular complexity index is 826. The summed E-state index contributed by atoms with van der Waals surface area (Å²) in [6.45, 7) is 4.68. The summed E-state index contributed by atoms with van der Waals surface area (Å²) in [6, 6.07) is 7.70. The average molecular weight is 346 g/mol. The lowest BCUT2D eigenvalue weighted by molar-refractivity contribution is 0.269. The number of benzene rings is 1. The summed E-state index contributed by atoms with van der Waals surface area (Å²) in [5.41, 5.74) is 4.00. The number of nitrogens with zero attached hydrogens (tertiary/aromatic N) is 4. The number of aliphatic hydroxyl groups is 1. The highest BCUT2D eigenvalue weighted by Crippen LogP contribution is 2.24. The van der Waals surface area contributed by atoms with Gasteiger partial charge in [0.15, 0.2) is 0 Å². The molecule has 2 aromatic heterocycles. The van der Waals surface area contributed by atoms with Crippen molar-refractivity contribution in [1.29, 1.82) is 0 Å². The van der Waals surface area contributed by atoms with Crippen molar-refractivity contribution in [3.05, 3.63) is 59.1 Å². The molecule has 2 N–H and O–H groups in total. The van der Waals surface area contributed by atoms with E-state index in [2.05, 4.69) is 22.4 Å². The van der Waals surface area contributed by atoms with Crippen LogP contribution in [0.15, 0.2) is 42.9 Å². The van der Waals surface area contributed by atoms with Gasteiger partial charge >= 0.3 is 0 Å². The van der Waals surface area contributed by atoms with Crippen LogP contribution in [0.3, 0.4) is 0 Å². The Kier molecular flexibility index (Phi) is 4.87. The molecule has 0 bridgehead atoms. The van der Waals surface area contributed by atoms with E-state index in [0.29, 0.717) is 11.6 Å². The third-order valence-electron chi connectivity index (χ3n) is 3.91. The predicted octanol–water partition coefficient (Wildman–Crippen LogP) is 3.20. The number of aliphatic hydroxyl groups excluding tert-OH is 1. The molecular formula is C17H20ClN5O. The molecule has 0 saturated carbocycles. The van der Waals surface area contributed by atoms with Crippen molar-refractivity contribution in [3.8, 4) is 5.69 Å². The van der Waals surface area contributed by atoms with Crippen LogP contribution in [0.1, 0.15) is 24.2 Å². The van der Waals surface area contributed by atoms with Gasteiger partial charge in [-0.1, -0.05) is 17.7 Å². The van der Waals surface area contributed by atoms with E-state index >= 15 is 0 Å². The van der Waals surface area contributed by atoms with Crippen LogP contribution in [0.4, 0.5) is 5.69 Å². The second kappa shape index (κ2) is 7.07. The lowest BCUT2D eigenvalue weighted by atomic mass is 10.1. The van der Waals surface area contributed by atoms with Gasteiger partial charge in [0.05, 0.1) is 43.0 Å². The molecule has 0 aliphatic heterocycles. The van der Waals surface area contributed by atoms with Crippen LogP contribution in [0.25, 0.3) is 5.69 Å². The largest absolute Gasteiger partial charge is 0.394 e. The van der Waals surface area contributed by atoms with Gasteiger partial charge in [0.25, 0.3) is 0 Å². The molecule has 0 saturated heterocycles. The maximum atomic E-state index is 8.95. The van der Waals surface area contributed by atoms with Crippen LogP contribution in [0, 0.1) is 6.92 Å². The van der Waals surface area contributed by atoms with Crippen LogP contribution in [0.2, 0.25) is 5.02 Å². The van der Waals surface area contributed by atoms with Gasteiger partial charge in [-0.25, -0.2) is 4.68 Å². The molecular weight excluding hydrogens is 326 g/mol. The van der Waals surface area contributed by atoms with E-state index in [9.17, 15) is 0 Å². The van der Waals surface area contributed by atoms with Crippen LogP contribution in [-0.2, 0) is 6.54 Å². The van der Waals surface area contributed by atoms with Crippen LogP contribution in [-0.4, -0.2) is 31.3 Å². The summed E-state index contributed by atoms with van der Waals surface area (Å²) < 4.78 is 3.59. The Hall–Kier alpha value is -2.31. The van der Waals surface area contributed by atoms with Gasteiger partial charge in [0.1, 0.15) is 0 Å². The van der Waals surface area contributed by atoms with Gasteiger partial charge in [-0.15, -0.1) is 0 Å². The maximum Gasteiger partial charge on any atom is 0.0731 e. The number of nitrogens with one attached hydrogen (secondary N) is 1. The number of halogens is 1. The van der Waals surface area contributed by atoms with E-state index in [4.69, 9.17) is 16.7 Å². The second-order valence-corrected chi connectivity index (χ2v) is 6.10. The Morgan fingerprint density at radius 1 is 1.29 bits per heavy atom. The van der Waals surface area contributed by atoms with Gasteiger partial charge in [-0.05, 0) is 32.0 Å². The van der Waals surface area contributed by atoms with Crippen LogP contribution in [0.5, 0.6) is 0 Å². The molecule has 2 heterocycles. The molecule has 7 heteroatoms. The molecule has 0 amide bonds. The molecule has 0 fully saturated rings. The third kappa shape index (κ3) is 3.44. The molecule has 0 spiro atoms. The zero-order chi connectivity index (χ0) is 17.1. The average Bonchev–Trinajstić information content (AvgIpc) is 3.14. The summed E-state index contributed by atoms with van der Waals surface area (Å²) >= 11 is 6.07. The Balaban J connectivity index is 1.79. The van der Waals surface area contributed by atoms with E-state index in [1.807, 2.05) is 48.3 Å². The van der Waals surface area contributed by atoms with Gasteiger partial charge in [0.2, 0.25) is 0 Å². The molecule has 6 nitrogen and oxygen atoms in total. The minimum atomic E-state index is 0.0716. The van der Waals surface area contributed by atoms with E-state index in [1.54, 1.807) is 10.9 Å². The fourth-order valence-corrected chi connectivity index (χ4v) is 2.89. The summed E-state index contributed by atoms with van der Waals surface area (Å²) in [6.07, 6.45) is 5.50. The van der Waals surface area contributed by atoms with Gasteiger partial charge < -0.3 is 10.4 Å². The minimum Gasteiger partial charge on any atom is -0.394 e. The second-order valence-electron chi connectivity index (χ2n) is 5.66. The first kappa shape index (κ1) is 16.5. The first-order valence-corrected chi connectivity index (χ1v) is 8.16. The molecule has 126 valence electrons. The zero-order valence-electron chi connectivity index (χ0n) is 13.6. The fraction of sp³-hybridized carbons (Fsp3) is 0.294. The van der Waals surface area contributed by atoms with Crippen molar-refractivity contribution in [2.24, 2.45) is 0 Å². The molecule has 1 unspecified atom stereocenters. The summed E-state index contributed by atoms with van der Waals surface area (Å²) in [5, 5.41) is 21.7. The lowest BCUT2D eigenvalue weighted by Crippen LogP contribution is -2.08. The first-order chi connectivity index (χ1) is 11.6. The van der Waals surface area contributed by atoms with Gasteiger partial charge in [-0.2, -0.15) is 10.2 Å². The highest BCUT2D eigenvalue weighted by Gasteiger charge is 2.15. The molecule has 24 heavy (non-hydrogen) atoms. The van der Waals surface area contributed by atoms with Crippen LogP contribution >= 0.6 is 11.6 Å². The Morgan fingerprint density at radius 2 is 2.12 bits per heavy atom. The van der Waals surface area contributed by atoms with E-state index in [-0.39, 0.29) is 12.6 Å². The number of rotatable bonds is 6. The van der Waals surface area contributed by atoms with Crippen molar-refractivity contribution in [2.75, 3.05) is 11.9 Å². The van der Waals surface area contributed by atoms with Crippen molar-refractivity contribution in [1.82, 2.24) is 19.6 Å². The van der Waals surface area contributed by atoms with E-state index in [1.165, 1.54) is 0 Å². The highest BCUT2D eigenvalue weighted by molar-refractivity contribution is 6.30. The standard InChI is InChI=1S/C17H20ClN5O/c1-12(21-15-9-19-22(11-15)6-7-24)17-10-20-23(13(17)2)16-5-3-4-14(18)8-16/h3-5,8-12,21,24H,6-7H2,1-2H3. The lowest BCUT2D eigenvalue weighted by Gasteiger charge is -2.14. The van der Waals surface area contributed by atoms with Gasteiger partial charge in [0, 0.05) is 22.5 Å². The zero-order valence-corrected chi connectivity index (χ0v) is 14.4. The predicted molar refractivity (Wildman–Crippen MR) is 94.7 cm³/mol.